The van der Waals surface area contributed by atoms with Crippen LogP contribution in [-0.2, 0) is 5.75 Å². The zero-order chi connectivity index (χ0) is 22.1. The molecule has 0 aliphatic carbocycles. The van der Waals surface area contributed by atoms with Gasteiger partial charge in [0, 0.05) is 22.4 Å². The number of benzene rings is 3. The number of halogens is 2. The quantitative estimate of drug-likeness (QED) is 0.197. The third kappa shape index (κ3) is 4.19. The number of fused-ring (bicyclic) bond motifs is 1. The average Bonchev–Trinajstić information content (AvgIpc) is 3.21. The maximum Gasteiger partial charge on any atom is 0.345 e. The highest BCUT2D eigenvalue weighted by Crippen LogP contribution is 2.33. The van der Waals surface area contributed by atoms with Crippen LogP contribution >= 0.6 is 35.0 Å². The van der Waals surface area contributed by atoms with Crippen LogP contribution in [0.3, 0.4) is 0 Å². The van der Waals surface area contributed by atoms with Crippen molar-refractivity contribution in [1.82, 2.24) is 9.55 Å². The lowest BCUT2D eigenvalue weighted by Gasteiger charge is -2.09. The van der Waals surface area contributed by atoms with E-state index in [0.717, 1.165) is 16.8 Å². The van der Waals surface area contributed by atoms with Crippen LogP contribution in [0.5, 0.6) is 0 Å². The monoisotopic (exact) mass is 478 g/mol. The number of thioether (sulfide) groups is 1. The van der Waals surface area contributed by atoms with E-state index in [-0.39, 0.29) is 0 Å². The first-order valence-corrected chi connectivity index (χ1v) is 11.6. The van der Waals surface area contributed by atoms with E-state index < -0.39 is 5.63 Å². The first-order chi connectivity index (χ1) is 15.6. The van der Waals surface area contributed by atoms with E-state index in [1.807, 2.05) is 59.3 Å². The fourth-order valence-corrected chi connectivity index (χ4v) is 4.85. The van der Waals surface area contributed by atoms with Crippen molar-refractivity contribution in [2.75, 3.05) is 0 Å². The minimum atomic E-state index is -0.435. The first kappa shape index (κ1) is 20.9. The van der Waals surface area contributed by atoms with Gasteiger partial charge in [0.25, 0.3) is 0 Å². The summed E-state index contributed by atoms with van der Waals surface area (Å²) in [5.41, 5.74) is 2.92. The standard InChI is InChI=1S/C25H16Cl2N2O2S/c26-18-10-11-22(20(27)13-18)29-14-21(28-25(29)32-15-16-6-2-1-3-7-16)19-12-17-8-4-5-9-23(17)31-24(19)30/h1-14H,15H2. The van der Waals surface area contributed by atoms with Gasteiger partial charge in [0.2, 0.25) is 0 Å². The van der Waals surface area contributed by atoms with Crippen molar-refractivity contribution in [2.45, 2.75) is 10.9 Å². The van der Waals surface area contributed by atoms with Crippen LogP contribution in [-0.4, -0.2) is 9.55 Å². The Labute approximate surface area is 198 Å². The van der Waals surface area contributed by atoms with E-state index in [1.165, 1.54) is 5.56 Å². The number of aromatic nitrogens is 2. The van der Waals surface area contributed by atoms with Gasteiger partial charge in [-0.15, -0.1) is 0 Å². The summed E-state index contributed by atoms with van der Waals surface area (Å²) in [5.74, 6) is 0.717. The van der Waals surface area contributed by atoms with Gasteiger partial charge in [0.1, 0.15) is 5.58 Å². The van der Waals surface area contributed by atoms with E-state index in [1.54, 1.807) is 30.0 Å². The van der Waals surface area contributed by atoms with Crippen molar-refractivity contribution in [2.24, 2.45) is 0 Å². The predicted octanol–water partition coefficient (Wildman–Crippen LogP) is 7.24. The lowest BCUT2D eigenvalue weighted by atomic mass is 10.1. The van der Waals surface area contributed by atoms with Crippen LogP contribution in [0.15, 0.2) is 99.4 Å². The Balaban J connectivity index is 1.62. The van der Waals surface area contributed by atoms with Crippen LogP contribution in [0.1, 0.15) is 5.56 Å². The molecule has 0 aliphatic rings. The molecule has 0 unspecified atom stereocenters. The number of hydrogen-bond donors (Lipinski definition) is 0. The molecule has 32 heavy (non-hydrogen) atoms. The molecule has 0 amide bonds. The fourth-order valence-electron chi connectivity index (χ4n) is 3.41. The molecular formula is C25H16Cl2N2O2S. The van der Waals surface area contributed by atoms with Crippen LogP contribution in [0.25, 0.3) is 27.9 Å². The second-order valence-corrected chi connectivity index (χ2v) is 8.92. The molecule has 0 saturated heterocycles. The maximum absolute atomic E-state index is 12.7. The summed E-state index contributed by atoms with van der Waals surface area (Å²) in [6.07, 6.45) is 1.81. The third-order valence-electron chi connectivity index (χ3n) is 4.97. The minimum Gasteiger partial charge on any atom is -0.422 e. The lowest BCUT2D eigenvalue weighted by molar-refractivity contribution is 0.563. The number of imidazole rings is 1. The highest BCUT2D eigenvalue weighted by Gasteiger charge is 2.17. The predicted molar refractivity (Wildman–Crippen MR) is 131 cm³/mol. The second-order valence-electron chi connectivity index (χ2n) is 7.13. The summed E-state index contributed by atoms with van der Waals surface area (Å²) in [4.78, 5) is 17.5. The molecule has 0 aliphatic heterocycles. The second kappa shape index (κ2) is 8.87. The summed E-state index contributed by atoms with van der Waals surface area (Å²) in [5, 5.41) is 2.58. The van der Waals surface area contributed by atoms with Crippen molar-refractivity contribution >= 4 is 45.9 Å². The van der Waals surface area contributed by atoms with Crippen molar-refractivity contribution in [3.05, 3.63) is 111 Å². The van der Waals surface area contributed by atoms with Gasteiger partial charge in [0.05, 0.1) is 22.0 Å². The molecule has 0 spiro atoms. The van der Waals surface area contributed by atoms with Gasteiger partial charge >= 0.3 is 5.63 Å². The van der Waals surface area contributed by atoms with Crippen molar-refractivity contribution in [1.29, 1.82) is 0 Å². The molecule has 0 radical (unpaired) electrons. The first-order valence-electron chi connectivity index (χ1n) is 9.83. The zero-order valence-corrected chi connectivity index (χ0v) is 19.0. The van der Waals surface area contributed by atoms with Gasteiger partial charge in [0.15, 0.2) is 5.16 Å². The topological polar surface area (TPSA) is 48.0 Å². The van der Waals surface area contributed by atoms with Gasteiger partial charge in [-0.1, -0.05) is 83.5 Å². The minimum absolute atomic E-state index is 0.397. The van der Waals surface area contributed by atoms with Gasteiger partial charge in [-0.05, 0) is 35.9 Å². The molecule has 0 bridgehead atoms. The molecule has 0 fully saturated rings. The third-order valence-corrected chi connectivity index (χ3v) is 6.53. The Morgan fingerprint density at radius 1 is 0.938 bits per heavy atom. The molecule has 5 aromatic rings. The molecule has 2 heterocycles. The molecule has 0 atom stereocenters. The van der Waals surface area contributed by atoms with Crippen molar-refractivity contribution in [3.8, 4) is 16.9 Å². The van der Waals surface area contributed by atoms with E-state index in [0.29, 0.717) is 32.0 Å². The molecule has 158 valence electrons. The summed E-state index contributed by atoms with van der Waals surface area (Å²) < 4.78 is 7.40. The van der Waals surface area contributed by atoms with E-state index in [2.05, 4.69) is 12.1 Å². The summed E-state index contributed by atoms with van der Waals surface area (Å²) in [7, 11) is 0. The van der Waals surface area contributed by atoms with Gasteiger partial charge in [-0.3, -0.25) is 4.57 Å². The van der Waals surface area contributed by atoms with Gasteiger partial charge in [-0.2, -0.15) is 0 Å². The maximum atomic E-state index is 12.7. The highest BCUT2D eigenvalue weighted by atomic mass is 35.5. The van der Waals surface area contributed by atoms with Crippen molar-refractivity contribution in [3.63, 3.8) is 0 Å². The van der Waals surface area contributed by atoms with Crippen molar-refractivity contribution < 1.29 is 4.42 Å². The van der Waals surface area contributed by atoms with Crippen LogP contribution < -0.4 is 5.63 Å². The normalized spacial score (nSPS) is 11.2. The van der Waals surface area contributed by atoms with Crippen LogP contribution in [0.4, 0.5) is 0 Å². The molecule has 0 saturated carbocycles. The Morgan fingerprint density at radius 2 is 1.72 bits per heavy atom. The number of rotatable bonds is 5. The van der Waals surface area contributed by atoms with E-state index in [9.17, 15) is 4.79 Å². The number of hydrogen-bond acceptors (Lipinski definition) is 4. The molecular weight excluding hydrogens is 463 g/mol. The van der Waals surface area contributed by atoms with Gasteiger partial charge in [-0.25, -0.2) is 9.78 Å². The Hall–Kier alpha value is -2.99. The lowest BCUT2D eigenvalue weighted by Crippen LogP contribution is -2.02. The fraction of sp³-hybridized carbons (Fsp3) is 0.0400. The van der Waals surface area contributed by atoms with Gasteiger partial charge < -0.3 is 4.42 Å². The Kier molecular flexibility index (Phi) is 5.79. The molecule has 5 rings (SSSR count). The van der Waals surface area contributed by atoms with E-state index in [4.69, 9.17) is 32.6 Å². The SMILES string of the molecule is O=c1oc2ccccc2cc1-c1cn(-c2ccc(Cl)cc2Cl)c(SCc2ccccc2)n1. The Morgan fingerprint density at radius 3 is 2.53 bits per heavy atom. The molecule has 0 N–H and O–H groups in total. The average molecular weight is 479 g/mol. The summed E-state index contributed by atoms with van der Waals surface area (Å²) in [6.45, 7) is 0. The molecule has 7 heteroatoms. The summed E-state index contributed by atoms with van der Waals surface area (Å²) >= 11 is 14.2. The molecule has 2 aromatic heterocycles. The molecule has 4 nitrogen and oxygen atoms in total. The largest absolute Gasteiger partial charge is 0.422 e. The number of nitrogens with zero attached hydrogens (tertiary/aromatic N) is 2. The molecule has 3 aromatic carbocycles. The van der Waals surface area contributed by atoms with E-state index >= 15 is 0 Å². The smallest absolute Gasteiger partial charge is 0.345 e. The zero-order valence-electron chi connectivity index (χ0n) is 16.7. The highest BCUT2D eigenvalue weighted by molar-refractivity contribution is 7.98. The number of para-hydroxylation sites is 1. The van der Waals surface area contributed by atoms with Crippen LogP contribution in [0.2, 0.25) is 10.0 Å². The summed E-state index contributed by atoms with van der Waals surface area (Å²) in [6, 6.07) is 24.6. The Bertz CT molecular complexity index is 1480. The van der Waals surface area contributed by atoms with Crippen LogP contribution in [0, 0.1) is 0 Å².